The molecule has 2 heterocycles. The van der Waals surface area contributed by atoms with Gasteiger partial charge in [0.15, 0.2) is 5.82 Å². The number of anilines is 1. The van der Waals surface area contributed by atoms with Gasteiger partial charge in [-0.1, -0.05) is 0 Å². The zero-order valence-electron chi connectivity index (χ0n) is 8.72. The number of aromatic nitrogens is 4. The normalized spacial score (nSPS) is 11.3. The van der Waals surface area contributed by atoms with E-state index in [0.29, 0.717) is 5.82 Å². The van der Waals surface area contributed by atoms with Crippen LogP contribution in [0.2, 0.25) is 0 Å². The van der Waals surface area contributed by atoms with Crippen LogP contribution >= 0.6 is 0 Å². The van der Waals surface area contributed by atoms with E-state index < -0.39 is 12.1 Å². The van der Waals surface area contributed by atoms with E-state index in [0.717, 1.165) is 6.20 Å². The van der Waals surface area contributed by atoms with Gasteiger partial charge in [-0.25, -0.2) is 14.6 Å². The maximum atomic E-state index is 12.0. The van der Waals surface area contributed by atoms with E-state index in [1.807, 2.05) is 0 Å². The highest BCUT2D eigenvalue weighted by Gasteiger charge is 2.38. The molecule has 0 aliphatic carbocycles. The minimum Gasteiger partial charge on any atom is -0.317 e. The van der Waals surface area contributed by atoms with Gasteiger partial charge in [-0.3, -0.25) is 4.79 Å². The molecule has 2 rings (SSSR count). The van der Waals surface area contributed by atoms with Gasteiger partial charge >= 0.3 is 12.1 Å². The average molecular weight is 257 g/mol. The summed E-state index contributed by atoms with van der Waals surface area (Å²) >= 11 is 0. The van der Waals surface area contributed by atoms with Crippen molar-refractivity contribution in [2.75, 3.05) is 5.32 Å². The van der Waals surface area contributed by atoms with Crippen molar-refractivity contribution in [2.24, 2.45) is 0 Å². The molecule has 0 bridgehead atoms. The predicted octanol–water partition coefficient (Wildman–Crippen LogP) is 1.16. The lowest BCUT2D eigenvalue weighted by atomic mass is 10.4. The number of nitrogens with zero attached hydrogens (tertiary/aromatic N) is 4. The summed E-state index contributed by atoms with van der Waals surface area (Å²) in [6, 6.07) is 2.69. The highest BCUT2D eigenvalue weighted by atomic mass is 19.4. The Labute approximate surface area is 98.5 Å². The van der Waals surface area contributed by atoms with Crippen molar-refractivity contribution in [1.29, 1.82) is 0 Å². The molecule has 2 aromatic heterocycles. The van der Waals surface area contributed by atoms with Crippen molar-refractivity contribution in [3.63, 3.8) is 0 Å². The van der Waals surface area contributed by atoms with Crippen molar-refractivity contribution in [1.82, 2.24) is 19.7 Å². The second-order valence-corrected chi connectivity index (χ2v) is 3.20. The van der Waals surface area contributed by atoms with Crippen LogP contribution in [0.15, 0.2) is 31.0 Å². The van der Waals surface area contributed by atoms with E-state index in [1.165, 1.54) is 29.5 Å². The standard InChI is InChI=1S/C9H6F3N5O/c10-9(11,12)8(18)16-6-1-2-7(14-3-6)17-5-13-4-15-17/h1-5H,(H,16,18). The molecule has 0 saturated carbocycles. The molecule has 0 aliphatic heterocycles. The van der Waals surface area contributed by atoms with Gasteiger partial charge in [-0.2, -0.15) is 18.3 Å². The number of pyridine rings is 1. The number of alkyl halides is 3. The second kappa shape index (κ2) is 4.43. The van der Waals surface area contributed by atoms with Crippen LogP contribution in [0.3, 0.4) is 0 Å². The van der Waals surface area contributed by atoms with E-state index in [4.69, 9.17) is 0 Å². The molecule has 2 aromatic rings. The summed E-state index contributed by atoms with van der Waals surface area (Å²) < 4.78 is 37.3. The molecule has 0 atom stereocenters. The maximum Gasteiger partial charge on any atom is 0.471 e. The highest BCUT2D eigenvalue weighted by molar-refractivity contribution is 5.94. The fourth-order valence-electron chi connectivity index (χ4n) is 1.12. The number of nitrogens with one attached hydrogen (secondary N) is 1. The molecule has 1 N–H and O–H groups in total. The lowest BCUT2D eigenvalue weighted by molar-refractivity contribution is -0.167. The lowest BCUT2D eigenvalue weighted by Gasteiger charge is -2.07. The van der Waals surface area contributed by atoms with Crippen LogP contribution in [0.1, 0.15) is 0 Å². The van der Waals surface area contributed by atoms with Crippen LogP contribution in [0.25, 0.3) is 5.82 Å². The zero-order valence-corrected chi connectivity index (χ0v) is 8.72. The Morgan fingerprint density at radius 1 is 1.33 bits per heavy atom. The quantitative estimate of drug-likeness (QED) is 0.876. The Morgan fingerprint density at radius 2 is 2.11 bits per heavy atom. The van der Waals surface area contributed by atoms with Crippen LogP contribution in [-0.4, -0.2) is 31.8 Å². The molecule has 0 fully saturated rings. The Kier molecular flexibility index (Phi) is 2.96. The number of carbonyl (C=O) groups excluding carboxylic acids is 1. The van der Waals surface area contributed by atoms with Crippen LogP contribution in [-0.2, 0) is 4.79 Å². The molecule has 0 aliphatic rings. The summed E-state index contributed by atoms with van der Waals surface area (Å²) in [4.78, 5) is 18.2. The summed E-state index contributed by atoms with van der Waals surface area (Å²) in [7, 11) is 0. The van der Waals surface area contributed by atoms with E-state index in [2.05, 4.69) is 15.1 Å². The third-order valence-electron chi connectivity index (χ3n) is 1.92. The van der Waals surface area contributed by atoms with Crippen molar-refractivity contribution < 1.29 is 18.0 Å². The first-order chi connectivity index (χ1) is 8.47. The molecule has 18 heavy (non-hydrogen) atoms. The van der Waals surface area contributed by atoms with Gasteiger partial charge in [0.05, 0.1) is 11.9 Å². The van der Waals surface area contributed by atoms with Crippen LogP contribution < -0.4 is 5.32 Å². The molecule has 6 nitrogen and oxygen atoms in total. The molecule has 0 unspecified atom stereocenters. The van der Waals surface area contributed by atoms with Gasteiger partial charge in [-0.05, 0) is 12.1 Å². The van der Waals surface area contributed by atoms with Gasteiger partial charge in [0.25, 0.3) is 0 Å². The predicted molar refractivity (Wildman–Crippen MR) is 53.8 cm³/mol. The van der Waals surface area contributed by atoms with Gasteiger partial charge < -0.3 is 5.32 Å². The average Bonchev–Trinajstić information content (AvgIpc) is 2.82. The van der Waals surface area contributed by atoms with Crippen LogP contribution in [0, 0.1) is 0 Å². The van der Waals surface area contributed by atoms with Gasteiger partial charge in [0, 0.05) is 0 Å². The smallest absolute Gasteiger partial charge is 0.317 e. The number of hydrogen-bond acceptors (Lipinski definition) is 4. The molecular weight excluding hydrogens is 251 g/mol. The first kappa shape index (κ1) is 12.0. The van der Waals surface area contributed by atoms with Crippen molar-refractivity contribution in [3.05, 3.63) is 31.0 Å². The third-order valence-corrected chi connectivity index (χ3v) is 1.92. The lowest BCUT2D eigenvalue weighted by Crippen LogP contribution is -2.29. The summed E-state index contributed by atoms with van der Waals surface area (Å²) in [5, 5.41) is 5.47. The van der Waals surface area contributed by atoms with E-state index in [-0.39, 0.29) is 5.69 Å². The van der Waals surface area contributed by atoms with E-state index >= 15 is 0 Å². The number of hydrogen-bond donors (Lipinski definition) is 1. The largest absolute Gasteiger partial charge is 0.471 e. The number of carbonyl (C=O) groups is 1. The van der Waals surface area contributed by atoms with E-state index in [9.17, 15) is 18.0 Å². The zero-order chi connectivity index (χ0) is 13.2. The first-order valence-corrected chi connectivity index (χ1v) is 4.66. The van der Waals surface area contributed by atoms with Crippen molar-refractivity contribution in [3.8, 4) is 5.82 Å². The fraction of sp³-hybridized carbons (Fsp3) is 0.111. The number of halogens is 3. The molecule has 0 radical (unpaired) electrons. The first-order valence-electron chi connectivity index (χ1n) is 4.66. The monoisotopic (exact) mass is 257 g/mol. The van der Waals surface area contributed by atoms with Gasteiger partial charge in [0.1, 0.15) is 12.7 Å². The molecule has 0 aromatic carbocycles. The van der Waals surface area contributed by atoms with Gasteiger partial charge in [0.2, 0.25) is 0 Å². The summed E-state index contributed by atoms with van der Waals surface area (Å²) in [5.74, 6) is -1.67. The molecule has 0 spiro atoms. The van der Waals surface area contributed by atoms with Crippen LogP contribution in [0.4, 0.5) is 18.9 Å². The van der Waals surface area contributed by atoms with Crippen LogP contribution in [0.5, 0.6) is 0 Å². The van der Waals surface area contributed by atoms with Gasteiger partial charge in [-0.15, -0.1) is 0 Å². The third kappa shape index (κ3) is 2.62. The summed E-state index contributed by atoms with van der Waals surface area (Å²) in [6.45, 7) is 0. The SMILES string of the molecule is O=C(Nc1ccc(-n2cncn2)nc1)C(F)(F)F. The summed E-state index contributed by atoms with van der Waals surface area (Å²) in [6.07, 6.45) is -1.15. The van der Waals surface area contributed by atoms with Crippen molar-refractivity contribution >= 4 is 11.6 Å². The Hall–Kier alpha value is -2.45. The number of amides is 1. The highest BCUT2D eigenvalue weighted by Crippen LogP contribution is 2.18. The summed E-state index contributed by atoms with van der Waals surface area (Å²) in [5.41, 5.74) is -0.0545. The Morgan fingerprint density at radius 3 is 2.61 bits per heavy atom. The number of rotatable bonds is 2. The topological polar surface area (TPSA) is 72.7 Å². The molecular formula is C9H6F3N5O. The Balaban J connectivity index is 2.12. The molecule has 0 saturated heterocycles. The molecule has 1 amide bonds. The molecule has 94 valence electrons. The van der Waals surface area contributed by atoms with Crippen molar-refractivity contribution in [2.45, 2.75) is 6.18 Å². The minimum absolute atomic E-state index is 0.0545. The Bertz CT molecular complexity index is 534. The molecule has 9 heteroatoms. The maximum absolute atomic E-state index is 12.0. The minimum atomic E-state index is -4.93. The second-order valence-electron chi connectivity index (χ2n) is 3.20. The fourth-order valence-corrected chi connectivity index (χ4v) is 1.12. The van der Waals surface area contributed by atoms with E-state index in [1.54, 1.807) is 5.32 Å².